The largest absolute Gasteiger partial charge is 0.362 e. The van der Waals surface area contributed by atoms with Crippen LogP contribution in [0.25, 0.3) is 0 Å². The van der Waals surface area contributed by atoms with E-state index in [0.717, 1.165) is 18.1 Å². The normalized spacial score (nSPS) is 30.4. The molecule has 2 aliphatic rings. The van der Waals surface area contributed by atoms with Crippen molar-refractivity contribution in [1.82, 2.24) is 10.2 Å². The summed E-state index contributed by atoms with van der Waals surface area (Å²) in [7, 11) is 0. The van der Waals surface area contributed by atoms with Gasteiger partial charge in [0, 0.05) is 24.2 Å². The minimum absolute atomic E-state index is 0.0868. The molecule has 2 N–H and O–H groups in total. The van der Waals surface area contributed by atoms with Crippen molar-refractivity contribution in [2.45, 2.75) is 31.3 Å². The Labute approximate surface area is 126 Å². The van der Waals surface area contributed by atoms with Crippen LogP contribution in [0.2, 0.25) is 0 Å². The fraction of sp³-hybridized carbons (Fsp3) is 0.438. The van der Waals surface area contributed by atoms with Crippen molar-refractivity contribution in [3.05, 3.63) is 42.5 Å². The highest BCUT2D eigenvalue weighted by molar-refractivity contribution is 7.80. The van der Waals surface area contributed by atoms with Crippen molar-refractivity contribution >= 4 is 23.0 Å². The summed E-state index contributed by atoms with van der Waals surface area (Å²) in [6, 6.07) is 8.59. The summed E-state index contributed by atoms with van der Waals surface area (Å²) in [6.07, 6.45) is 2.93. The maximum Gasteiger partial charge on any atom is 0.171 e. The summed E-state index contributed by atoms with van der Waals surface area (Å²) < 4.78 is 0. The number of rotatable bonds is 2. The van der Waals surface area contributed by atoms with Crippen molar-refractivity contribution in [3.63, 3.8) is 0 Å². The maximum absolute atomic E-state index is 5.56. The Hall–Kier alpha value is -1.55. The predicted octanol–water partition coefficient (Wildman–Crippen LogP) is 2.85. The Morgan fingerprint density at radius 1 is 1.50 bits per heavy atom. The molecule has 2 aliphatic heterocycles. The number of likely N-dealkylation sites (tertiary alicyclic amines) is 1. The minimum atomic E-state index is -0.165. The van der Waals surface area contributed by atoms with Gasteiger partial charge in [0.1, 0.15) is 5.66 Å². The SMILES string of the molecule is C=CCNC(=S)N1CCC2(C)c3ccccc3NC12C. The van der Waals surface area contributed by atoms with Gasteiger partial charge in [-0.3, -0.25) is 0 Å². The number of nitrogens with one attached hydrogen (secondary N) is 2. The van der Waals surface area contributed by atoms with Crippen molar-refractivity contribution in [2.75, 3.05) is 18.4 Å². The number of nitrogens with zero attached hydrogens (tertiary/aromatic N) is 1. The fourth-order valence-corrected chi connectivity index (χ4v) is 3.95. The van der Waals surface area contributed by atoms with Crippen LogP contribution in [0.1, 0.15) is 25.8 Å². The third-order valence-electron chi connectivity index (χ3n) is 4.99. The Kier molecular flexibility index (Phi) is 3.01. The molecule has 1 saturated heterocycles. The molecule has 0 saturated carbocycles. The predicted molar refractivity (Wildman–Crippen MR) is 87.9 cm³/mol. The van der Waals surface area contributed by atoms with E-state index < -0.39 is 0 Å². The molecule has 1 aromatic rings. The van der Waals surface area contributed by atoms with E-state index in [9.17, 15) is 0 Å². The van der Waals surface area contributed by atoms with Crippen LogP contribution in [-0.2, 0) is 5.41 Å². The molecule has 106 valence electrons. The lowest BCUT2D eigenvalue weighted by Crippen LogP contribution is -2.58. The molecule has 0 bridgehead atoms. The lowest BCUT2D eigenvalue weighted by molar-refractivity contribution is 0.224. The Balaban J connectivity index is 1.95. The standard InChI is InChI=1S/C16H21N3S/c1-4-10-17-14(20)19-11-9-15(2)12-7-5-6-8-13(12)18-16(15,19)3/h4-8,18H,1,9-11H2,2-3H3,(H,17,20). The van der Waals surface area contributed by atoms with Gasteiger partial charge >= 0.3 is 0 Å². The molecule has 0 aliphatic carbocycles. The molecule has 1 aromatic carbocycles. The zero-order valence-corrected chi connectivity index (χ0v) is 12.9. The van der Waals surface area contributed by atoms with Crippen molar-refractivity contribution in [3.8, 4) is 0 Å². The van der Waals surface area contributed by atoms with Gasteiger partial charge in [-0.05, 0) is 37.2 Å². The number of fused-ring (bicyclic) bond motifs is 3. The highest BCUT2D eigenvalue weighted by Crippen LogP contribution is 2.54. The van der Waals surface area contributed by atoms with Crippen molar-refractivity contribution in [1.29, 1.82) is 0 Å². The van der Waals surface area contributed by atoms with Gasteiger partial charge in [-0.25, -0.2) is 0 Å². The number of para-hydroxylation sites is 1. The van der Waals surface area contributed by atoms with E-state index in [1.165, 1.54) is 11.3 Å². The summed E-state index contributed by atoms with van der Waals surface area (Å²) in [6.45, 7) is 9.99. The smallest absolute Gasteiger partial charge is 0.171 e. The number of thiocarbonyl (C=S) groups is 1. The van der Waals surface area contributed by atoms with Crippen LogP contribution in [0, 0.1) is 0 Å². The van der Waals surface area contributed by atoms with Crippen LogP contribution in [0.4, 0.5) is 5.69 Å². The Bertz CT molecular complexity index is 571. The molecule has 2 atom stereocenters. The lowest BCUT2D eigenvalue weighted by atomic mass is 9.75. The van der Waals surface area contributed by atoms with E-state index >= 15 is 0 Å². The molecule has 2 unspecified atom stereocenters. The zero-order valence-electron chi connectivity index (χ0n) is 12.1. The highest BCUT2D eigenvalue weighted by atomic mass is 32.1. The number of anilines is 1. The van der Waals surface area contributed by atoms with Gasteiger partial charge in [0.25, 0.3) is 0 Å². The quantitative estimate of drug-likeness (QED) is 0.646. The second-order valence-corrected chi connectivity index (χ2v) is 6.34. The first-order valence-electron chi connectivity index (χ1n) is 7.07. The van der Waals surface area contributed by atoms with Gasteiger partial charge in [0.05, 0.1) is 0 Å². The van der Waals surface area contributed by atoms with Crippen LogP contribution in [0.3, 0.4) is 0 Å². The van der Waals surface area contributed by atoms with E-state index in [2.05, 4.69) is 60.2 Å². The summed E-state index contributed by atoms with van der Waals surface area (Å²) in [4.78, 5) is 2.28. The van der Waals surface area contributed by atoms with Crippen LogP contribution in [-0.4, -0.2) is 28.8 Å². The minimum Gasteiger partial charge on any atom is -0.362 e. The van der Waals surface area contributed by atoms with E-state index in [-0.39, 0.29) is 11.1 Å². The molecular weight excluding hydrogens is 266 g/mol. The molecule has 0 amide bonds. The molecule has 3 rings (SSSR count). The van der Waals surface area contributed by atoms with Gasteiger partial charge in [0.15, 0.2) is 5.11 Å². The molecule has 1 fully saturated rings. The third-order valence-corrected chi connectivity index (χ3v) is 5.36. The molecular formula is C16H21N3S. The van der Waals surface area contributed by atoms with Crippen LogP contribution in [0.5, 0.6) is 0 Å². The molecule has 20 heavy (non-hydrogen) atoms. The van der Waals surface area contributed by atoms with Crippen LogP contribution in [0.15, 0.2) is 36.9 Å². The zero-order chi connectivity index (χ0) is 14.4. The summed E-state index contributed by atoms with van der Waals surface area (Å²) >= 11 is 5.56. The molecule has 0 radical (unpaired) electrons. The van der Waals surface area contributed by atoms with E-state index in [1.54, 1.807) is 0 Å². The summed E-state index contributed by atoms with van der Waals surface area (Å²) in [5.41, 5.74) is 2.55. The van der Waals surface area contributed by atoms with Gasteiger partial charge in [-0.1, -0.05) is 31.2 Å². The molecule has 0 spiro atoms. The first-order chi connectivity index (χ1) is 9.53. The topological polar surface area (TPSA) is 27.3 Å². The maximum atomic E-state index is 5.56. The van der Waals surface area contributed by atoms with Crippen LogP contribution >= 0.6 is 12.2 Å². The molecule has 0 aromatic heterocycles. The summed E-state index contributed by atoms with van der Waals surface area (Å²) in [5, 5.41) is 7.75. The van der Waals surface area contributed by atoms with Gasteiger partial charge < -0.3 is 15.5 Å². The number of hydrogen-bond donors (Lipinski definition) is 2. The Morgan fingerprint density at radius 2 is 2.25 bits per heavy atom. The monoisotopic (exact) mass is 287 g/mol. The van der Waals surface area contributed by atoms with Crippen LogP contribution < -0.4 is 10.6 Å². The fourth-order valence-electron chi connectivity index (χ4n) is 3.60. The second kappa shape index (κ2) is 4.48. The van der Waals surface area contributed by atoms with Gasteiger partial charge in [-0.2, -0.15) is 0 Å². The van der Waals surface area contributed by atoms with E-state index in [0.29, 0.717) is 6.54 Å². The van der Waals surface area contributed by atoms with Crippen molar-refractivity contribution in [2.24, 2.45) is 0 Å². The number of hydrogen-bond acceptors (Lipinski definition) is 2. The molecule has 4 heteroatoms. The first-order valence-corrected chi connectivity index (χ1v) is 7.48. The number of benzene rings is 1. The third kappa shape index (κ3) is 1.61. The summed E-state index contributed by atoms with van der Waals surface area (Å²) in [5.74, 6) is 0. The van der Waals surface area contributed by atoms with E-state index in [4.69, 9.17) is 12.2 Å². The van der Waals surface area contributed by atoms with Gasteiger partial charge in [-0.15, -0.1) is 6.58 Å². The van der Waals surface area contributed by atoms with Crippen molar-refractivity contribution < 1.29 is 0 Å². The average molecular weight is 287 g/mol. The molecule has 3 nitrogen and oxygen atoms in total. The second-order valence-electron chi connectivity index (χ2n) is 5.95. The molecule has 2 heterocycles. The van der Waals surface area contributed by atoms with Gasteiger partial charge in [0.2, 0.25) is 0 Å². The average Bonchev–Trinajstić information content (AvgIpc) is 2.81. The lowest BCUT2D eigenvalue weighted by Gasteiger charge is -2.42. The first kappa shape index (κ1) is 13.4. The Morgan fingerprint density at radius 3 is 3.00 bits per heavy atom. The highest BCUT2D eigenvalue weighted by Gasteiger charge is 2.59. The van der Waals surface area contributed by atoms with E-state index in [1.807, 2.05) is 6.08 Å².